The molecule has 0 aliphatic heterocycles. The molecule has 0 bridgehead atoms. The van der Waals surface area contributed by atoms with E-state index in [9.17, 15) is 4.79 Å². The van der Waals surface area contributed by atoms with E-state index in [1.54, 1.807) is 7.11 Å². The Morgan fingerprint density at radius 2 is 2.07 bits per heavy atom. The van der Waals surface area contributed by atoms with Gasteiger partial charge < -0.3 is 14.6 Å². The lowest BCUT2D eigenvalue weighted by Gasteiger charge is -2.04. The van der Waals surface area contributed by atoms with Gasteiger partial charge in [-0.15, -0.1) is 0 Å². The smallest absolute Gasteiger partial charge is 0.119 e. The number of carbonyl (C=O) groups excluding carboxylic acids is 1. The molecule has 14 heavy (non-hydrogen) atoms. The Balaban J connectivity index is 0. The van der Waals surface area contributed by atoms with E-state index < -0.39 is 0 Å². The van der Waals surface area contributed by atoms with Crippen LogP contribution in [0.1, 0.15) is 46.0 Å². The van der Waals surface area contributed by atoms with Crippen molar-refractivity contribution in [3.05, 3.63) is 0 Å². The standard InChI is InChI=1S/C6H12O.C5H12O2/c1-2-3-4-5-6-7;1-5(7-2)3-4-6/h6H,2-5H2,1H3;5-6H,3-4H2,1-2H3. The Morgan fingerprint density at radius 3 is 2.36 bits per heavy atom. The molecule has 0 spiro atoms. The maximum atomic E-state index is 9.68. The summed E-state index contributed by atoms with van der Waals surface area (Å²) in [6.45, 7) is 4.27. The Morgan fingerprint density at radius 1 is 1.43 bits per heavy atom. The second-order valence-corrected chi connectivity index (χ2v) is 3.22. The van der Waals surface area contributed by atoms with Gasteiger partial charge in [-0.05, 0) is 19.8 Å². The van der Waals surface area contributed by atoms with Gasteiger partial charge in [-0.3, -0.25) is 0 Å². The van der Waals surface area contributed by atoms with E-state index in [1.165, 1.54) is 12.8 Å². The number of carbonyl (C=O) groups is 1. The van der Waals surface area contributed by atoms with Crippen molar-refractivity contribution < 1.29 is 14.6 Å². The molecule has 3 nitrogen and oxygen atoms in total. The zero-order chi connectivity index (χ0) is 11.2. The third kappa shape index (κ3) is 17.6. The average molecular weight is 204 g/mol. The van der Waals surface area contributed by atoms with Crippen LogP contribution < -0.4 is 0 Å². The maximum absolute atomic E-state index is 9.68. The predicted octanol–water partition coefficient (Wildman–Crippen LogP) is 2.17. The number of aldehydes is 1. The Bertz CT molecular complexity index is 105. The molecule has 0 aromatic rings. The maximum Gasteiger partial charge on any atom is 0.119 e. The number of aliphatic hydroxyl groups excluding tert-OH is 1. The van der Waals surface area contributed by atoms with E-state index in [2.05, 4.69) is 6.92 Å². The lowest BCUT2D eigenvalue weighted by atomic mass is 10.2. The summed E-state index contributed by atoms with van der Waals surface area (Å²) in [5.41, 5.74) is 0. The van der Waals surface area contributed by atoms with Crippen molar-refractivity contribution >= 4 is 6.29 Å². The van der Waals surface area contributed by atoms with Crippen LogP contribution in [0.2, 0.25) is 0 Å². The first-order chi connectivity index (χ1) is 6.72. The van der Waals surface area contributed by atoms with Crippen molar-refractivity contribution in [2.45, 2.75) is 52.1 Å². The molecular weight excluding hydrogens is 180 g/mol. The van der Waals surface area contributed by atoms with Gasteiger partial charge in [-0.25, -0.2) is 0 Å². The van der Waals surface area contributed by atoms with Gasteiger partial charge in [0, 0.05) is 20.1 Å². The Labute approximate surface area is 87.5 Å². The number of ether oxygens (including phenoxy) is 1. The predicted molar refractivity (Wildman–Crippen MR) is 58.4 cm³/mol. The minimum absolute atomic E-state index is 0.199. The van der Waals surface area contributed by atoms with Crippen molar-refractivity contribution in [2.75, 3.05) is 13.7 Å². The zero-order valence-corrected chi connectivity index (χ0v) is 9.66. The molecule has 1 unspecified atom stereocenters. The zero-order valence-electron chi connectivity index (χ0n) is 9.66. The van der Waals surface area contributed by atoms with Crippen LogP contribution in [-0.4, -0.2) is 31.2 Å². The topological polar surface area (TPSA) is 46.5 Å². The monoisotopic (exact) mass is 204 g/mol. The van der Waals surface area contributed by atoms with Crippen molar-refractivity contribution in [2.24, 2.45) is 0 Å². The van der Waals surface area contributed by atoms with E-state index in [0.29, 0.717) is 0 Å². The third-order valence-corrected chi connectivity index (χ3v) is 1.86. The molecule has 0 saturated heterocycles. The number of hydrogen-bond donors (Lipinski definition) is 1. The van der Waals surface area contributed by atoms with E-state index >= 15 is 0 Å². The van der Waals surface area contributed by atoms with E-state index in [0.717, 1.165) is 25.5 Å². The minimum Gasteiger partial charge on any atom is -0.396 e. The largest absolute Gasteiger partial charge is 0.396 e. The van der Waals surface area contributed by atoms with Crippen molar-refractivity contribution in [3.8, 4) is 0 Å². The highest BCUT2D eigenvalue weighted by atomic mass is 16.5. The summed E-state index contributed by atoms with van der Waals surface area (Å²) >= 11 is 0. The van der Waals surface area contributed by atoms with Gasteiger partial charge in [-0.1, -0.05) is 19.8 Å². The molecule has 0 amide bonds. The number of methoxy groups -OCH3 is 1. The van der Waals surface area contributed by atoms with Crippen LogP contribution in [0.5, 0.6) is 0 Å². The highest BCUT2D eigenvalue weighted by Crippen LogP contribution is 1.94. The first kappa shape index (κ1) is 16.0. The summed E-state index contributed by atoms with van der Waals surface area (Å²) in [6.07, 6.45) is 6.12. The van der Waals surface area contributed by atoms with Gasteiger partial charge in [0.05, 0.1) is 6.10 Å². The van der Waals surface area contributed by atoms with Crippen LogP contribution in [0.3, 0.4) is 0 Å². The van der Waals surface area contributed by atoms with Gasteiger partial charge in [0.25, 0.3) is 0 Å². The van der Waals surface area contributed by atoms with Crippen molar-refractivity contribution in [3.63, 3.8) is 0 Å². The summed E-state index contributed by atoms with van der Waals surface area (Å²) in [6, 6.07) is 0. The summed E-state index contributed by atoms with van der Waals surface area (Å²) in [7, 11) is 1.64. The van der Waals surface area contributed by atoms with E-state index in [-0.39, 0.29) is 12.7 Å². The number of unbranched alkanes of at least 4 members (excludes halogenated alkanes) is 3. The normalized spacial score (nSPS) is 11.4. The third-order valence-electron chi connectivity index (χ3n) is 1.86. The molecule has 0 fully saturated rings. The van der Waals surface area contributed by atoms with Crippen LogP contribution in [-0.2, 0) is 9.53 Å². The first-order valence-electron chi connectivity index (χ1n) is 5.30. The summed E-state index contributed by atoms with van der Waals surface area (Å²) < 4.78 is 4.83. The fourth-order valence-electron chi connectivity index (χ4n) is 0.777. The second-order valence-electron chi connectivity index (χ2n) is 3.22. The van der Waals surface area contributed by atoms with Gasteiger partial charge in [0.1, 0.15) is 6.29 Å². The molecular formula is C11H24O3. The van der Waals surface area contributed by atoms with E-state index in [4.69, 9.17) is 9.84 Å². The Hall–Kier alpha value is -0.410. The van der Waals surface area contributed by atoms with E-state index in [1.807, 2.05) is 6.92 Å². The quantitative estimate of drug-likeness (QED) is 0.510. The fourth-order valence-corrected chi connectivity index (χ4v) is 0.777. The first-order valence-corrected chi connectivity index (χ1v) is 5.30. The van der Waals surface area contributed by atoms with Crippen LogP contribution >= 0.6 is 0 Å². The SMILES string of the molecule is CCCCCC=O.COC(C)CCO. The van der Waals surface area contributed by atoms with Gasteiger partial charge in [0.15, 0.2) is 0 Å². The molecule has 1 atom stereocenters. The summed E-state index contributed by atoms with van der Waals surface area (Å²) in [5, 5.41) is 8.29. The molecule has 0 rings (SSSR count). The van der Waals surface area contributed by atoms with Crippen LogP contribution in [0.15, 0.2) is 0 Å². The molecule has 1 N–H and O–H groups in total. The second kappa shape index (κ2) is 15.1. The lowest BCUT2D eigenvalue weighted by molar-refractivity contribution is -0.107. The molecule has 86 valence electrons. The molecule has 0 aliphatic rings. The van der Waals surface area contributed by atoms with Crippen LogP contribution in [0.4, 0.5) is 0 Å². The summed E-state index contributed by atoms with van der Waals surface area (Å²) in [4.78, 5) is 9.68. The number of hydrogen-bond acceptors (Lipinski definition) is 3. The van der Waals surface area contributed by atoms with Crippen molar-refractivity contribution in [1.82, 2.24) is 0 Å². The van der Waals surface area contributed by atoms with Gasteiger partial charge >= 0.3 is 0 Å². The molecule has 0 aliphatic carbocycles. The van der Waals surface area contributed by atoms with Crippen LogP contribution in [0.25, 0.3) is 0 Å². The molecule has 0 aromatic carbocycles. The highest BCUT2D eigenvalue weighted by molar-refractivity contribution is 5.48. The summed E-state index contributed by atoms with van der Waals surface area (Å²) in [5.74, 6) is 0. The molecule has 0 saturated carbocycles. The number of rotatable bonds is 7. The van der Waals surface area contributed by atoms with Crippen molar-refractivity contribution in [1.29, 1.82) is 0 Å². The molecule has 0 heterocycles. The Kier molecular flexibility index (Phi) is 17.3. The fraction of sp³-hybridized carbons (Fsp3) is 0.909. The van der Waals surface area contributed by atoms with Gasteiger partial charge in [0.2, 0.25) is 0 Å². The molecule has 0 aromatic heterocycles. The number of aliphatic hydroxyl groups is 1. The lowest BCUT2D eigenvalue weighted by Crippen LogP contribution is -2.05. The minimum atomic E-state index is 0.199. The van der Waals surface area contributed by atoms with Gasteiger partial charge in [-0.2, -0.15) is 0 Å². The molecule has 3 heteroatoms. The highest BCUT2D eigenvalue weighted by Gasteiger charge is 1.93. The molecule has 0 radical (unpaired) electrons. The van der Waals surface area contributed by atoms with Crippen LogP contribution in [0, 0.1) is 0 Å². The average Bonchev–Trinajstić information content (AvgIpc) is 2.20.